The molecular weight excluding hydrogens is 325 g/mol. The molecule has 132 valence electrons. The predicted octanol–water partition coefficient (Wildman–Crippen LogP) is 2.57. The number of anilines is 1. The fourth-order valence-electron chi connectivity index (χ4n) is 2.41. The number of benzene rings is 2. The molecule has 0 bridgehead atoms. The number of carbonyl (C=O) groups is 1. The van der Waals surface area contributed by atoms with Crippen LogP contribution in [0, 0.1) is 5.82 Å². The summed E-state index contributed by atoms with van der Waals surface area (Å²) in [6.45, 7) is 2.07. The van der Waals surface area contributed by atoms with E-state index in [-0.39, 0.29) is 12.4 Å². The molecule has 2 aromatic carbocycles. The van der Waals surface area contributed by atoms with Crippen LogP contribution in [0.1, 0.15) is 24.5 Å². The Bertz CT molecular complexity index is 749. The number of nitrogens with one attached hydrogen (secondary N) is 2. The van der Waals surface area contributed by atoms with Crippen LogP contribution in [0.2, 0.25) is 0 Å². The number of amides is 1. The van der Waals surface area contributed by atoms with Crippen molar-refractivity contribution in [1.82, 2.24) is 5.32 Å². The van der Waals surface area contributed by atoms with Gasteiger partial charge in [-0.05, 0) is 35.7 Å². The van der Waals surface area contributed by atoms with Gasteiger partial charge in [0.05, 0.1) is 0 Å². The Balaban J connectivity index is 2.16. The number of oxime groups is 1. The normalized spacial score (nSPS) is 13.6. The van der Waals surface area contributed by atoms with Gasteiger partial charge in [-0.15, -0.1) is 0 Å². The highest BCUT2D eigenvalue weighted by Gasteiger charge is 2.26. The van der Waals surface area contributed by atoms with Crippen molar-refractivity contribution in [3.05, 3.63) is 65.5 Å². The number of para-hydroxylation sites is 1. The second-order valence-corrected chi connectivity index (χ2v) is 5.47. The summed E-state index contributed by atoms with van der Waals surface area (Å²) in [6, 6.07) is 12.7. The van der Waals surface area contributed by atoms with E-state index in [1.807, 2.05) is 6.92 Å². The van der Waals surface area contributed by atoms with Crippen LogP contribution < -0.4 is 10.6 Å². The lowest BCUT2D eigenvalue weighted by atomic mass is 9.99. The predicted molar refractivity (Wildman–Crippen MR) is 92.8 cm³/mol. The SMILES string of the molecule is CCC(O)(NCc1ccccc1NC(=O)C=NO)c1ccc(F)cc1. The monoisotopic (exact) mass is 345 g/mol. The fourth-order valence-corrected chi connectivity index (χ4v) is 2.41. The van der Waals surface area contributed by atoms with Gasteiger partial charge in [0.2, 0.25) is 0 Å². The van der Waals surface area contributed by atoms with E-state index < -0.39 is 11.6 Å². The molecule has 25 heavy (non-hydrogen) atoms. The first kappa shape index (κ1) is 18.6. The minimum absolute atomic E-state index is 0.258. The molecule has 0 aromatic heterocycles. The maximum absolute atomic E-state index is 13.1. The van der Waals surface area contributed by atoms with E-state index in [2.05, 4.69) is 15.8 Å². The number of hydrogen-bond acceptors (Lipinski definition) is 5. The highest BCUT2D eigenvalue weighted by Crippen LogP contribution is 2.24. The molecule has 7 heteroatoms. The summed E-state index contributed by atoms with van der Waals surface area (Å²) in [5.41, 5.74) is 0.469. The molecule has 1 amide bonds. The Morgan fingerprint density at radius 2 is 1.92 bits per heavy atom. The van der Waals surface area contributed by atoms with Crippen molar-refractivity contribution in [3.63, 3.8) is 0 Å². The third kappa shape index (κ3) is 4.85. The standard InChI is InChI=1S/C18H20FN3O3/c1-2-18(24,14-7-9-15(19)10-8-14)20-11-13-5-3-4-6-16(13)22-17(23)12-21-25/h3-10,12,20,24-25H,2,11H2,1H3,(H,22,23). The Kier molecular flexibility index (Phi) is 6.21. The van der Waals surface area contributed by atoms with Crippen molar-refractivity contribution in [2.75, 3.05) is 5.32 Å². The molecule has 0 saturated carbocycles. The molecule has 0 aliphatic rings. The van der Waals surface area contributed by atoms with Crippen molar-refractivity contribution >= 4 is 17.8 Å². The lowest BCUT2D eigenvalue weighted by Gasteiger charge is -2.29. The van der Waals surface area contributed by atoms with Crippen molar-refractivity contribution in [2.45, 2.75) is 25.6 Å². The molecule has 1 atom stereocenters. The number of carbonyl (C=O) groups excluding carboxylic acids is 1. The molecule has 0 radical (unpaired) electrons. The second kappa shape index (κ2) is 8.36. The van der Waals surface area contributed by atoms with Crippen molar-refractivity contribution in [1.29, 1.82) is 0 Å². The fraction of sp³-hybridized carbons (Fsp3) is 0.222. The Hall–Kier alpha value is -2.77. The molecule has 2 rings (SSSR count). The first-order valence-electron chi connectivity index (χ1n) is 7.78. The third-order valence-corrected chi connectivity index (χ3v) is 3.85. The summed E-state index contributed by atoms with van der Waals surface area (Å²) in [4.78, 5) is 11.5. The minimum Gasteiger partial charge on any atom is -0.411 e. The zero-order valence-electron chi connectivity index (χ0n) is 13.7. The van der Waals surface area contributed by atoms with Crippen LogP contribution in [-0.4, -0.2) is 22.4 Å². The molecule has 0 heterocycles. The van der Waals surface area contributed by atoms with Gasteiger partial charge in [0.25, 0.3) is 5.91 Å². The van der Waals surface area contributed by atoms with Crippen LogP contribution in [0.3, 0.4) is 0 Å². The van der Waals surface area contributed by atoms with E-state index in [1.54, 1.807) is 24.3 Å². The quantitative estimate of drug-likeness (QED) is 0.268. The largest absolute Gasteiger partial charge is 0.411 e. The average Bonchev–Trinajstić information content (AvgIpc) is 2.61. The van der Waals surface area contributed by atoms with Gasteiger partial charge in [0.15, 0.2) is 0 Å². The number of rotatable bonds is 7. The summed E-state index contributed by atoms with van der Waals surface area (Å²) >= 11 is 0. The molecule has 4 N–H and O–H groups in total. The Morgan fingerprint density at radius 3 is 2.56 bits per heavy atom. The molecule has 0 fully saturated rings. The van der Waals surface area contributed by atoms with Crippen LogP contribution in [0.4, 0.5) is 10.1 Å². The van der Waals surface area contributed by atoms with Crippen LogP contribution in [0.25, 0.3) is 0 Å². The zero-order chi connectivity index (χ0) is 18.3. The van der Waals surface area contributed by atoms with E-state index >= 15 is 0 Å². The van der Waals surface area contributed by atoms with E-state index in [4.69, 9.17) is 5.21 Å². The van der Waals surface area contributed by atoms with Crippen LogP contribution in [0.5, 0.6) is 0 Å². The molecular formula is C18H20FN3O3. The molecule has 0 aliphatic carbocycles. The highest BCUT2D eigenvalue weighted by molar-refractivity contribution is 6.31. The van der Waals surface area contributed by atoms with Gasteiger partial charge in [-0.2, -0.15) is 0 Å². The van der Waals surface area contributed by atoms with E-state index in [1.165, 1.54) is 24.3 Å². The van der Waals surface area contributed by atoms with E-state index in [0.717, 1.165) is 11.8 Å². The summed E-state index contributed by atoms with van der Waals surface area (Å²) < 4.78 is 13.1. The van der Waals surface area contributed by atoms with Gasteiger partial charge in [-0.3, -0.25) is 10.1 Å². The first-order valence-corrected chi connectivity index (χ1v) is 7.78. The smallest absolute Gasteiger partial charge is 0.270 e. The van der Waals surface area contributed by atoms with Crippen LogP contribution >= 0.6 is 0 Å². The van der Waals surface area contributed by atoms with Gasteiger partial charge in [0, 0.05) is 12.2 Å². The molecule has 6 nitrogen and oxygen atoms in total. The summed E-state index contributed by atoms with van der Waals surface area (Å²) in [5.74, 6) is -0.944. The third-order valence-electron chi connectivity index (χ3n) is 3.85. The Labute approximate surface area is 145 Å². The Morgan fingerprint density at radius 1 is 1.24 bits per heavy atom. The number of halogens is 1. The number of aliphatic hydroxyl groups is 1. The maximum atomic E-state index is 13.1. The highest BCUT2D eigenvalue weighted by atomic mass is 19.1. The average molecular weight is 345 g/mol. The van der Waals surface area contributed by atoms with Gasteiger partial charge in [0.1, 0.15) is 17.8 Å². The van der Waals surface area contributed by atoms with Gasteiger partial charge < -0.3 is 15.6 Å². The van der Waals surface area contributed by atoms with Gasteiger partial charge in [-0.1, -0.05) is 42.4 Å². The molecule has 0 spiro atoms. The van der Waals surface area contributed by atoms with Crippen molar-refractivity contribution < 1.29 is 19.5 Å². The summed E-state index contributed by atoms with van der Waals surface area (Å²) in [5, 5.41) is 27.6. The van der Waals surface area contributed by atoms with Gasteiger partial charge in [-0.25, -0.2) is 4.39 Å². The van der Waals surface area contributed by atoms with Crippen LogP contribution in [-0.2, 0) is 17.1 Å². The molecule has 0 aliphatic heterocycles. The molecule has 2 aromatic rings. The zero-order valence-corrected chi connectivity index (χ0v) is 13.7. The lowest BCUT2D eigenvalue weighted by molar-refractivity contribution is -0.110. The first-order chi connectivity index (χ1) is 12.0. The summed E-state index contributed by atoms with van der Waals surface area (Å²) in [6.07, 6.45) is 1.12. The van der Waals surface area contributed by atoms with Crippen LogP contribution in [0.15, 0.2) is 53.7 Å². The lowest BCUT2D eigenvalue weighted by Crippen LogP contribution is -2.41. The van der Waals surface area contributed by atoms with Crippen molar-refractivity contribution in [3.8, 4) is 0 Å². The maximum Gasteiger partial charge on any atom is 0.270 e. The van der Waals surface area contributed by atoms with Gasteiger partial charge >= 0.3 is 0 Å². The second-order valence-electron chi connectivity index (χ2n) is 5.47. The molecule has 1 unspecified atom stereocenters. The molecule has 0 saturated heterocycles. The number of hydrogen-bond donors (Lipinski definition) is 4. The minimum atomic E-state index is -1.34. The summed E-state index contributed by atoms with van der Waals surface area (Å²) in [7, 11) is 0. The van der Waals surface area contributed by atoms with E-state index in [0.29, 0.717) is 17.7 Å². The topological polar surface area (TPSA) is 94.0 Å². The van der Waals surface area contributed by atoms with Crippen molar-refractivity contribution in [2.24, 2.45) is 5.16 Å². The van der Waals surface area contributed by atoms with E-state index in [9.17, 15) is 14.3 Å². The number of nitrogens with zero attached hydrogens (tertiary/aromatic N) is 1.